The lowest BCUT2D eigenvalue weighted by atomic mass is 9.89. The molecule has 0 aromatic carbocycles. The third-order valence-electron chi connectivity index (χ3n) is 4.06. The maximum atomic E-state index is 4.47. The van der Waals surface area contributed by atoms with E-state index in [0.717, 1.165) is 30.5 Å². The Balaban J connectivity index is 1.70. The fraction of sp³-hybridized carbons (Fsp3) is 0.733. The van der Waals surface area contributed by atoms with Crippen molar-refractivity contribution in [3.05, 3.63) is 16.1 Å². The van der Waals surface area contributed by atoms with Crippen molar-refractivity contribution < 1.29 is 0 Å². The van der Waals surface area contributed by atoms with E-state index in [9.17, 15) is 0 Å². The Bertz CT molecular complexity index is 446. The molecule has 5 heteroatoms. The zero-order chi connectivity index (χ0) is 14.4. The van der Waals surface area contributed by atoms with Crippen LogP contribution in [0.25, 0.3) is 0 Å². The number of hydrogen-bond donors (Lipinski definition) is 2. The Kier molecular flexibility index (Phi) is 5.40. The average molecular weight is 294 g/mol. The van der Waals surface area contributed by atoms with Crippen molar-refractivity contribution in [2.75, 3.05) is 20.1 Å². The quantitative estimate of drug-likeness (QED) is 0.648. The van der Waals surface area contributed by atoms with Crippen molar-refractivity contribution in [1.29, 1.82) is 0 Å². The van der Waals surface area contributed by atoms with Crippen molar-refractivity contribution in [3.63, 3.8) is 0 Å². The highest BCUT2D eigenvalue weighted by molar-refractivity contribution is 7.09. The van der Waals surface area contributed by atoms with Gasteiger partial charge in [-0.05, 0) is 25.2 Å². The predicted octanol–water partition coefficient (Wildman–Crippen LogP) is 2.74. The molecule has 1 saturated carbocycles. The number of hydrogen-bond acceptors (Lipinski definition) is 3. The first-order valence-electron chi connectivity index (χ1n) is 7.47. The van der Waals surface area contributed by atoms with E-state index in [1.54, 1.807) is 11.3 Å². The SMILES string of the molecule is CN=C(NCCc1csc(C)n1)NCC1(C)CCCC1. The predicted molar refractivity (Wildman–Crippen MR) is 86.5 cm³/mol. The average Bonchev–Trinajstić information content (AvgIpc) is 3.03. The summed E-state index contributed by atoms with van der Waals surface area (Å²) in [6, 6.07) is 0. The largest absolute Gasteiger partial charge is 0.356 e. The van der Waals surface area contributed by atoms with E-state index in [1.165, 1.54) is 31.4 Å². The number of rotatable bonds is 5. The van der Waals surface area contributed by atoms with Crippen LogP contribution in [0.2, 0.25) is 0 Å². The molecular formula is C15H26N4S. The van der Waals surface area contributed by atoms with E-state index in [4.69, 9.17) is 0 Å². The lowest BCUT2D eigenvalue weighted by molar-refractivity contribution is 0.334. The molecule has 0 amide bonds. The molecule has 0 radical (unpaired) electrons. The normalized spacial score (nSPS) is 18.2. The van der Waals surface area contributed by atoms with Crippen LogP contribution >= 0.6 is 11.3 Å². The zero-order valence-corrected chi connectivity index (χ0v) is 13.6. The second kappa shape index (κ2) is 7.07. The Hall–Kier alpha value is -1.10. The summed E-state index contributed by atoms with van der Waals surface area (Å²) in [4.78, 5) is 8.76. The summed E-state index contributed by atoms with van der Waals surface area (Å²) in [6.45, 7) is 6.31. The van der Waals surface area contributed by atoms with Gasteiger partial charge in [0.1, 0.15) is 0 Å². The smallest absolute Gasteiger partial charge is 0.191 e. The lowest BCUT2D eigenvalue weighted by Gasteiger charge is -2.25. The monoisotopic (exact) mass is 294 g/mol. The summed E-state index contributed by atoms with van der Waals surface area (Å²) in [5.41, 5.74) is 1.61. The van der Waals surface area contributed by atoms with Crippen molar-refractivity contribution >= 4 is 17.3 Å². The van der Waals surface area contributed by atoms with E-state index in [2.05, 4.69) is 32.9 Å². The highest BCUT2D eigenvalue weighted by Crippen LogP contribution is 2.36. The number of aryl methyl sites for hydroxylation is 1. The molecular weight excluding hydrogens is 268 g/mol. The van der Waals surface area contributed by atoms with Crippen molar-refractivity contribution in [1.82, 2.24) is 15.6 Å². The molecule has 0 aliphatic heterocycles. The third-order valence-corrected chi connectivity index (χ3v) is 4.88. The maximum absolute atomic E-state index is 4.47. The molecule has 1 aromatic rings. The van der Waals surface area contributed by atoms with Crippen LogP contribution in [0.15, 0.2) is 10.4 Å². The summed E-state index contributed by atoms with van der Waals surface area (Å²) in [5, 5.41) is 10.1. The minimum Gasteiger partial charge on any atom is -0.356 e. The van der Waals surface area contributed by atoms with Gasteiger partial charge in [-0.1, -0.05) is 19.8 Å². The van der Waals surface area contributed by atoms with E-state index < -0.39 is 0 Å². The molecule has 20 heavy (non-hydrogen) atoms. The first-order chi connectivity index (χ1) is 9.61. The van der Waals surface area contributed by atoms with Crippen molar-refractivity contribution in [3.8, 4) is 0 Å². The Morgan fingerprint density at radius 1 is 1.40 bits per heavy atom. The number of nitrogens with zero attached hydrogens (tertiary/aromatic N) is 2. The van der Waals surface area contributed by atoms with Gasteiger partial charge in [0.25, 0.3) is 0 Å². The highest BCUT2D eigenvalue weighted by atomic mass is 32.1. The van der Waals surface area contributed by atoms with Gasteiger partial charge >= 0.3 is 0 Å². The molecule has 1 aromatic heterocycles. The molecule has 0 atom stereocenters. The molecule has 0 saturated heterocycles. The first kappa shape index (κ1) is 15.3. The molecule has 112 valence electrons. The van der Waals surface area contributed by atoms with Crippen molar-refractivity contribution in [2.24, 2.45) is 10.4 Å². The van der Waals surface area contributed by atoms with Gasteiger partial charge in [0.2, 0.25) is 0 Å². The van der Waals surface area contributed by atoms with E-state index in [1.807, 2.05) is 14.0 Å². The van der Waals surface area contributed by atoms with Gasteiger partial charge in [-0.15, -0.1) is 11.3 Å². The molecule has 0 bridgehead atoms. The topological polar surface area (TPSA) is 49.3 Å². The van der Waals surface area contributed by atoms with Crippen molar-refractivity contribution in [2.45, 2.75) is 46.0 Å². The van der Waals surface area contributed by atoms with Crippen LogP contribution in [0.5, 0.6) is 0 Å². The number of thiazole rings is 1. The second-order valence-electron chi connectivity index (χ2n) is 5.98. The third kappa shape index (κ3) is 4.47. The van der Waals surface area contributed by atoms with Gasteiger partial charge in [0.15, 0.2) is 5.96 Å². The minimum atomic E-state index is 0.448. The van der Waals surface area contributed by atoms with Crippen LogP contribution in [-0.2, 0) is 6.42 Å². The molecule has 4 nitrogen and oxygen atoms in total. The van der Waals surface area contributed by atoms with Gasteiger partial charge in [0, 0.05) is 31.9 Å². The summed E-state index contributed by atoms with van der Waals surface area (Å²) in [6.07, 6.45) is 6.34. The molecule has 1 fully saturated rings. The molecule has 0 unspecified atom stereocenters. The van der Waals surface area contributed by atoms with Gasteiger partial charge < -0.3 is 10.6 Å². The summed E-state index contributed by atoms with van der Waals surface area (Å²) in [7, 11) is 1.83. The van der Waals surface area contributed by atoms with E-state index >= 15 is 0 Å². The summed E-state index contributed by atoms with van der Waals surface area (Å²) >= 11 is 1.71. The Morgan fingerprint density at radius 3 is 2.75 bits per heavy atom. The molecule has 1 heterocycles. The standard InChI is InChI=1S/C15H26N4S/c1-12-19-13(10-20-12)6-9-17-14(16-3)18-11-15(2)7-4-5-8-15/h10H,4-9,11H2,1-3H3,(H2,16,17,18). The second-order valence-corrected chi connectivity index (χ2v) is 7.04. The number of aliphatic imine (C=N–C) groups is 1. The first-order valence-corrected chi connectivity index (χ1v) is 8.35. The van der Waals surface area contributed by atoms with Gasteiger partial charge in [-0.2, -0.15) is 0 Å². The number of nitrogens with one attached hydrogen (secondary N) is 2. The molecule has 1 aliphatic rings. The van der Waals surface area contributed by atoms with Crippen LogP contribution in [0, 0.1) is 12.3 Å². The van der Waals surface area contributed by atoms with Crippen LogP contribution in [0.4, 0.5) is 0 Å². The Morgan fingerprint density at radius 2 is 2.15 bits per heavy atom. The Labute approximate surface area is 126 Å². The molecule has 2 rings (SSSR count). The van der Waals surface area contributed by atoms with Crippen LogP contribution in [-0.4, -0.2) is 31.1 Å². The number of aromatic nitrogens is 1. The zero-order valence-electron chi connectivity index (χ0n) is 12.8. The van der Waals surface area contributed by atoms with Gasteiger partial charge in [-0.3, -0.25) is 4.99 Å². The van der Waals surface area contributed by atoms with E-state index in [-0.39, 0.29) is 0 Å². The summed E-state index contributed by atoms with van der Waals surface area (Å²) < 4.78 is 0. The molecule has 0 spiro atoms. The lowest BCUT2D eigenvalue weighted by Crippen LogP contribution is -2.42. The van der Waals surface area contributed by atoms with Crippen LogP contribution in [0.3, 0.4) is 0 Å². The summed E-state index contributed by atoms with van der Waals surface area (Å²) in [5.74, 6) is 0.907. The fourth-order valence-electron chi connectivity index (χ4n) is 2.76. The number of guanidine groups is 1. The highest BCUT2D eigenvalue weighted by Gasteiger charge is 2.28. The van der Waals surface area contributed by atoms with Gasteiger partial charge in [-0.25, -0.2) is 4.98 Å². The minimum absolute atomic E-state index is 0.448. The van der Waals surface area contributed by atoms with Gasteiger partial charge in [0.05, 0.1) is 10.7 Å². The van der Waals surface area contributed by atoms with E-state index in [0.29, 0.717) is 5.41 Å². The van der Waals surface area contributed by atoms with Crippen LogP contribution in [0.1, 0.15) is 43.3 Å². The fourth-order valence-corrected chi connectivity index (χ4v) is 3.40. The maximum Gasteiger partial charge on any atom is 0.191 e. The van der Waals surface area contributed by atoms with Crippen LogP contribution < -0.4 is 10.6 Å². The molecule has 2 N–H and O–H groups in total. The molecule has 1 aliphatic carbocycles.